The first kappa shape index (κ1) is 20.6. The van der Waals surface area contributed by atoms with Crippen molar-refractivity contribution in [2.75, 3.05) is 26.2 Å². The highest BCUT2D eigenvalue weighted by Crippen LogP contribution is 2.28. The van der Waals surface area contributed by atoms with Crippen LogP contribution >= 0.6 is 11.3 Å². The van der Waals surface area contributed by atoms with E-state index in [-0.39, 0.29) is 17.7 Å². The first-order valence-corrected chi connectivity index (χ1v) is 11.4. The molecule has 2 heterocycles. The summed E-state index contributed by atoms with van der Waals surface area (Å²) in [5.41, 5.74) is 1.88. The number of rotatable bonds is 6. The topological polar surface area (TPSA) is 62.7 Å². The van der Waals surface area contributed by atoms with Crippen LogP contribution in [0.15, 0.2) is 35.7 Å². The lowest BCUT2D eigenvalue weighted by atomic mass is 9.84. The highest BCUT2D eigenvalue weighted by Gasteiger charge is 2.31. The van der Waals surface area contributed by atoms with E-state index in [9.17, 15) is 9.59 Å². The number of aryl methyl sites for hydroxylation is 1. The van der Waals surface area contributed by atoms with Crippen molar-refractivity contribution < 1.29 is 14.3 Å². The van der Waals surface area contributed by atoms with Crippen LogP contribution in [-0.2, 0) is 16.2 Å². The van der Waals surface area contributed by atoms with E-state index in [0.717, 1.165) is 41.3 Å². The third-order valence-electron chi connectivity index (χ3n) is 5.71. The number of hydrogen-bond acceptors (Lipinski definition) is 5. The Morgan fingerprint density at radius 3 is 2.43 bits per heavy atom. The molecule has 2 amide bonds. The van der Waals surface area contributed by atoms with E-state index in [0.29, 0.717) is 32.8 Å². The van der Waals surface area contributed by atoms with Gasteiger partial charge in [-0.1, -0.05) is 18.6 Å². The Morgan fingerprint density at radius 2 is 1.83 bits per heavy atom. The maximum absolute atomic E-state index is 12.5. The molecule has 158 valence electrons. The summed E-state index contributed by atoms with van der Waals surface area (Å²) in [5.74, 6) is 1.27. The Bertz CT molecular complexity index is 910. The van der Waals surface area contributed by atoms with Crippen LogP contribution in [0.3, 0.4) is 0 Å². The zero-order valence-electron chi connectivity index (χ0n) is 17.3. The molecule has 1 aromatic carbocycles. The van der Waals surface area contributed by atoms with Gasteiger partial charge >= 0.3 is 0 Å². The minimum absolute atomic E-state index is 0.00929. The zero-order valence-corrected chi connectivity index (χ0v) is 18.1. The molecular weight excluding hydrogens is 398 g/mol. The molecular formula is C23H27N3O3S. The molecule has 1 aliphatic carbocycles. The smallest absolute Gasteiger partial charge is 0.246 e. The molecule has 2 aliphatic rings. The first-order chi connectivity index (χ1) is 14.6. The van der Waals surface area contributed by atoms with Gasteiger partial charge < -0.3 is 14.5 Å². The van der Waals surface area contributed by atoms with Gasteiger partial charge in [0.1, 0.15) is 12.4 Å². The number of benzene rings is 1. The van der Waals surface area contributed by atoms with Crippen LogP contribution in [0.4, 0.5) is 0 Å². The van der Waals surface area contributed by atoms with Crippen LogP contribution in [0.2, 0.25) is 0 Å². The summed E-state index contributed by atoms with van der Waals surface area (Å²) in [7, 11) is 0. The highest BCUT2D eigenvalue weighted by atomic mass is 32.1. The molecule has 1 aromatic heterocycles. The molecule has 1 saturated heterocycles. The van der Waals surface area contributed by atoms with Crippen molar-refractivity contribution in [3.05, 3.63) is 52.0 Å². The van der Waals surface area contributed by atoms with Crippen molar-refractivity contribution in [3.8, 4) is 5.75 Å². The van der Waals surface area contributed by atoms with Crippen LogP contribution in [0, 0.1) is 12.8 Å². The summed E-state index contributed by atoms with van der Waals surface area (Å²) < 4.78 is 5.75. The van der Waals surface area contributed by atoms with E-state index in [1.54, 1.807) is 17.4 Å². The minimum Gasteiger partial charge on any atom is -0.487 e. The monoisotopic (exact) mass is 425 g/mol. The molecule has 0 atom stereocenters. The molecule has 1 aliphatic heterocycles. The summed E-state index contributed by atoms with van der Waals surface area (Å²) in [5, 5.41) is 3.03. The van der Waals surface area contributed by atoms with Gasteiger partial charge in [0.05, 0.1) is 10.7 Å². The van der Waals surface area contributed by atoms with Gasteiger partial charge in [-0.3, -0.25) is 9.59 Å². The maximum Gasteiger partial charge on any atom is 0.246 e. The number of piperazine rings is 1. The van der Waals surface area contributed by atoms with Crippen molar-refractivity contribution in [3.63, 3.8) is 0 Å². The Kier molecular flexibility index (Phi) is 6.47. The van der Waals surface area contributed by atoms with Gasteiger partial charge in [-0.2, -0.15) is 0 Å². The Labute approximate surface area is 181 Å². The third-order valence-corrected chi connectivity index (χ3v) is 6.53. The van der Waals surface area contributed by atoms with E-state index in [1.165, 1.54) is 0 Å². The zero-order chi connectivity index (χ0) is 20.9. The average Bonchev–Trinajstić information content (AvgIpc) is 3.15. The number of amides is 2. The van der Waals surface area contributed by atoms with E-state index in [4.69, 9.17) is 4.74 Å². The normalized spacial score (nSPS) is 17.2. The molecule has 6 nitrogen and oxygen atoms in total. The van der Waals surface area contributed by atoms with Crippen LogP contribution in [0.25, 0.3) is 6.08 Å². The molecule has 7 heteroatoms. The van der Waals surface area contributed by atoms with Crippen molar-refractivity contribution in [2.24, 2.45) is 5.92 Å². The molecule has 0 bridgehead atoms. The fraction of sp³-hybridized carbons (Fsp3) is 0.435. The molecule has 0 N–H and O–H groups in total. The van der Waals surface area contributed by atoms with Crippen LogP contribution in [0.5, 0.6) is 5.75 Å². The maximum atomic E-state index is 12.5. The fourth-order valence-electron chi connectivity index (χ4n) is 3.64. The van der Waals surface area contributed by atoms with Crippen molar-refractivity contribution >= 4 is 29.2 Å². The number of carbonyl (C=O) groups is 2. The van der Waals surface area contributed by atoms with Crippen LogP contribution in [-0.4, -0.2) is 52.8 Å². The van der Waals surface area contributed by atoms with Gasteiger partial charge in [-0.25, -0.2) is 4.98 Å². The predicted molar refractivity (Wildman–Crippen MR) is 117 cm³/mol. The average molecular weight is 426 g/mol. The van der Waals surface area contributed by atoms with Crippen molar-refractivity contribution in [2.45, 2.75) is 32.8 Å². The molecule has 1 saturated carbocycles. The van der Waals surface area contributed by atoms with Gasteiger partial charge in [-0.05, 0) is 43.5 Å². The molecule has 2 fully saturated rings. The molecule has 4 rings (SSSR count). The Hall–Kier alpha value is -2.67. The van der Waals surface area contributed by atoms with Gasteiger partial charge in [0, 0.05) is 43.6 Å². The van der Waals surface area contributed by atoms with E-state index >= 15 is 0 Å². The van der Waals surface area contributed by atoms with E-state index in [2.05, 4.69) is 4.98 Å². The second-order valence-corrected chi connectivity index (χ2v) is 8.89. The predicted octanol–water partition coefficient (Wildman–Crippen LogP) is 3.51. The summed E-state index contributed by atoms with van der Waals surface area (Å²) in [6.07, 6.45) is 6.64. The quantitative estimate of drug-likeness (QED) is 0.665. The number of thiazole rings is 1. The van der Waals surface area contributed by atoms with E-state index < -0.39 is 0 Å². The summed E-state index contributed by atoms with van der Waals surface area (Å²) in [6.45, 7) is 4.91. The van der Waals surface area contributed by atoms with Gasteiger partial charge in [0.15, 0.2) is 0 Å². The van der Waals surface area contributed by atoms with Gasteiger partial charge in [0.25, 0.3) is 0 Å². The number of aromatic nitrogens is 1. The molecule has 2 aromatic rings. The number of carbonyl (C=O) groups excluding carboxylic acids is 2. The number of hydrogen-bond donors (Lipinski definition) is 0. The highest BCUT2D eigenvalue weighted by molar-refractivity contribution is 7.09. The third kappa shape index (κ3) is 5.08. The Morgan fingerprint density at radius 1 is 1.13 bits per heavy atom. The van der Waals surface area contributed by atoms with Crippen molar-refractivity contribution in [1.82, 2.24) is 14.8 Å². The lowest BCUT2D eigenvalue weighted by molar-refractivity contribution is -0.142. The largest absolute Gasteiger partial charge is 0.487 e. The lowest BCUT2D eigenvalue weighted by Gasteiger charge is -2.37. The minimum atomic E-state index is -0.00929. The second kappa shape index (κ2) is 9.43. The lowest BCUT2D eigenvalue weighted by Crippen LogP contribution is -2.52. The van der Waals surface area contributed by atoms with Crippen molar-refractivity contribution in [1.29, 1.82) is 0 Å². The Balaban J connectivity index is 1.23. The van der Waals surface area contributed by atoms with Gasteiger partial charge in [-0.15, -0.1) is 11.3 Å². The standard InChI is InChI=1S/C23H27N3O3S/c1-17-24-20(16-30-17)15-29-21-8-5-18(6-9-21)7-10-22(27)25-11-13-26(14-12-25)23(28)19-3-2-4-19/h5-10,16,19H,2-4,11-15H2,1H3/b10-7+. The summed E-state index contributed by atoms with van der Waals surface area (Å²) in [4.78, 5) is 32.9. The SMILES string of the molecule is Cc1nc(COc2ccc(/C=C/C(=O)N3CCN(C(=O)C4CCC4)CC3)cc2)cs1. The molecule has 30 heavy (non-hydrogen) atoms. The first-order valence-electron chi connectivity index (χ1n) is 10.5. The number of ether oxygens (including phenoxy) is 1. The summed E-state index contributed by atoms with van der Waals surface area (Å²) in [6, 6.07) is 7.66. The number of nitrogens with zero attached hydrogens (tertiary/aromatic N) is 3. The van der Waals surface area contributed by atoms with Gasteiger partial charge in [0.2, 0.25) is 11.8 Å². The van der Waals surface area contributed by atoms with Crippen LogP contribution < -0.4 is 4.74 Å². The van der Waals surface area contributed by atoms with Crippen LogP contribution in [0.1, 0.15) is 35.5 Å². The summed E-state index contributed by atoms with van der Waals surface area (Å²) >= 11 is 1.61. The second-order valence-electron chi connectivity index (χ2n) is 7.83. The molecule has 0 unspecified atom stereocenters. The molecule has 0 spiro atoms. The van der Waals surface area contributed by atoms with E-state index in [1.807, 2.05) is 52.4 Å². The fourth-order valence-corrected chi connectivity index (χ4v) is 4.24. The molecule has 0 radical (unpaired) electrons.